The molecule has 0 radical (unpaired) electrons. The molecule has 0 aliphatic carbocycles. The Hall–Kier alpha value is -2.21. The van der Waals surface area contributed by atoms with Crippen LogP contribution in [-0.4, -0.2) is 29.4 Å². The average Bonchev–Trinajstić information content (AvgIpc) is 2.54. The minimum Gasteiger partial charge on any atom is -0.495 e. The summed E-state index contributed by atoms with van der Waals surface area (Å²) in [5, 5.41) is 0. The van der Waals surface area contributed by atoms with Gasteiger partial charge < -0.3 is 9.47 Å². The molecule has 0 saturated carbocycles. The van der Waals surface area contributed by atoms with E-state index in [1.165, 1.54) is 13.3 Å². The summed E-state index contributed by atoms with van der Waals surface area (Å²) in [7, 11) is 1.58. The number of hydrogen-bond acceptors (Lipinski definition) is 5. The zero-order valence-electron chi connectivity index (χ0n) is 11.7. The molecule has 21 heavy (non-hydrogen) atoms. The summed E-state index contributed by atoms with van der Waals surface area (Å²) in [5.74, 6) is 0.392. The number of carbonyl (C=O) groups excluding carboxylic acids is 1. The van der Waals surface area contributed by atoms with Crippen LogP contribution in [0.1, 0.15) is 16.1 Å². The smallest absolute Gasteiger partial charge is 0.339 e. The maximum Gasteiger partial charge on any atom is 0.339 e. The third-order valence-electron chi connectivity index (χ3n) is 2.84. The van der Waals surface area contributed by atoms with Gasteiger partial charge in [-0.1, -0.05) is 12.1 Å². The molecule has 1 unspecified atom stereocenters. The largest absolute Gasteiger partial charge is 0.495 e. The van der Waals surface area contributed by atoms with Gasteiger partial charge in [-0.3, -0.25) is 9.19 Å². The Kier molecular flexibility index (Phi) is 5.05. The number of nitrogens with zero attached hydrogens (tertiary/aromatic N) is 1. The number of ether oxygens (including phenoxy) is 2. The lowest BCUT2D eigenvalue weighted by Crippen LogP contribution is -2.04. The summed E-state index contributed by atoms with van der Waals surface area (Å²) in [6.45, 7) is 0. The molecule has 0 N–H and O–H groups in total. The Morgan fingerprint density at radius 1 is 1.19 bits per heavy atom. The Balaban J connectivity index is 2.14. The van der Waals surface area contributed by atoms with Crippen molar-refractivity contribution in [3.05, 3.63) is 53.9 Å². The van der Waals surface area contributed by atoms with E-state index in [1.54, 1.807) is 31.4 Å². The van der Waals surface area contributed by atoms with E-state index in [0.717, 1.165) is 0 Å². The summed E-state index contributed by atoms with van der Waals surface area (Å²) >= 11 is 0. The second-order valence-electron chi connectivity index (χ2n) is 4.17. The van der Waals surface area contributed by atoms with Crippen LogP contribution >= 0.6 is 0 Å². The van der Waals surface area contributed by atoms with Crippen molar-refractivity contribution < 1.29 is 18.5 Å². The topological polar surface area (TPSA) is 65.5 Å². The molecule has 1 atom stereocenters. The zero-order chi connectivity index (χ0) is 15.2. The first-order valence-electron chi connectivity index (χ1n) is 6.20. The van der Waals surface area contributed by atoms with Crippen molar-refractivity contribution >= 4 is 16.8 Å². The molecule has 2 aromatic rings. The highest BCUT2D eigenvalue weighted by Crippen LogP contribution is 2.23. The van der Waals surface area contributed by atoms with Crippen LogP contribution in [-0.2, 0) is 21.3 Å². The molecular weight excluding hydrogens is 290 g/mol. The van der Waals surface area contributed by atoms with E-state index in [1.807, 2.05) is 12.1 Å². The van der Waals surface area contributed by atoms with Crippen LogP contribution < -0.4 is 4.74 Å². The summed E-state index contributed by atoms with van der Waals surface area (Å²) in [6, 6.07) is 10.4. The molecule has 0 bridgehead atoms. The van der Waals surface area contributed by atoms with Gasteiger partial charge in [-0.15, -0.1) is 0 Å². The second-order valence-corrected chi connectivity index (χ2v) is 5.59. The van der Waals surface area contributed by atoms with E-state index in [4.69, 9.17) is 4.74 Å². The van der Waals surface area contributed by atoms with Crippen molar-refractivity contribution in [2.24, 2.45) is 0 Å². The van der Waals surface area contributed by atoms with Crippen molar-refractivity contribution in [2.45, 2.75) is 10.6 Å². The number of carbonyl (C=O) groups is 1. The van der Waals surface area contributed by atoms with Crippen LogP contribution in [0.15, 0.2) is 47.5 Å². The van der Waals surface area contributed by atoms with Gasteiger partial charge in [0.25, 0.3) is 0 Å². The molecule has 1 heterocycles. The van der Waals surface area contributed by atoms with Gasteiger partial charge in [0.2, 0.25) is 0 Å². The van der Waals surface area contributed by atoms with Gasteiger partial charge in [0, 0.05) is 6.20 Å². The number of hydrogen-bond donors (Lipinski definition) is 0. The molecule has 2 rings (SSSR count). The summed E-state index contributed by atoms with van der Waals surface area (Å²) < 4.78 is 22.2. The molecule has 0 spiro atoms. The van der Waals surface area contributed by atoms with E-state index >= 15 is 0 Å². The first kappa shape index (κ1) is 15.2. The van der Waals surface area contributed by atoms with E-state index < -0.39 is 16.8 Å². The number of pyridine rings is 1. The third kappa shape index (κ3) is 3.66. The molecule has 0 aliphatic heterocycles. The highest BCUT2D eigenvalue weighted by Gasteiger charge is 2.12. The van der Waals surface area contributed by atoms with Crippen molar-refractivity contribution in [1.29, 1.82) is 0 Å². The van der Waals surface area contributed by atoms with Gasteiger partial charge in [0.1, 0.15) is 5.75 Å². The third-order valence-corrected chi connectivity index (χ3v) is 4.22. The molecule has 0 aliphatic rings. The molecule has 1 aromatic carbocycles. The molecule has 6 heteroatoms. The standard InChI is InChI=1S/C15H15NO4S/c1-19-13-5-3-4-6-14(13)21(18)10-12-8-7-11(9-16-12)15(17)20-2/h3-9H,10H2,1-2H3. The predicted octanol–water partition coefficient (Wildman–Crippen LogP) is 2.18. The number of methoxy groups -OCH3 is 2. The highest BCUT2D eigenvalue weighted by atomic mass is 32.2. The normalized spacial score (nSPS) is 11.7. The van der Waals surface area contributed by atoms with Crippen LogP contribution in [0.5, 0.6) is 5.75 Å². The number of para-hydroxylation sites is 1. The predicted molar refractivity (Wildman–Crippen MR) is 78.7 cm³/mol. The molecule has 110 valence electrons. The fraction of sp³-hybridized carbons (Fsp3) is 0.200. The Bertz CT molecular complexity index is 655. The minimum absolute atomic E-state index is 0.252. The lowest BCUT2D eigenvalue weighted by atomic mass is 10.2. The summed E-state index contributed by atoms with van der Waals surface area (Å²) in [6.07, 6.45) is 1.42. The first-order valence-corrected chi connectivity index (χ1v) is 7.52. The van der Waals surface area contributed by atoms with E-state index in [-0.39, 0.29) is 5.75 Å². The molecule has 1 aromatic heterocycles. The fourth-order valence-corrected chi connectivity index (χ4v) is 2.97. The van der Waals surface area contributed by atoms with Gasteiger partial charge in [-0.2, -0.15) is 0 Å². The maximum absolute atomic E-state index is 12.4. The Morgan fingerprint density at radius 2 is 1.95 bits per heavy atom. The molecule has 5 nitrogen and oxygen atoms in total. The average molecular weight is 305 g/mol. The monoisotopic (exact) mass is 305 g/mol. The Morgan fingerprint density at radius 3 is 2.57 bits per heavy atom. The maximum atomic E-state index is 12.4. The van der Waals surface area contributed by atoms with Crippen molar-refractivity contribution in [1.82, 2.24) is 4.98 Å². The van der Waals surface area contributed by atoms with Gasteiger partial charge >= 0.3 is 5.97 Å². The number of esters is 1. The van der Waals surface area contributed by atoms with Gasteiger partial charge in [0.05, 0.1) is 46.9 Å². The number of rotatable bonds is 5. The number of aromatic nitrogens is 1. The van der Waals surface area contributed by atoms with Crippen LogP contribution in [0.2, 0.25) is 0 Å². The van der Waals surface area contributed by atoms with E-state index in [9.17, 15) is 9.00 Å². The lowest BCUT2D eigenvalue weighted by Gasteiger charge is -2.07. The summed E-state index contributed by atoms with van der Waals surface area (Å²) in [4.78, 5) is 16.1. The zero-order valence-corrected chi connectivity index (χ0v) is 12.6. The Labute approximate surface area is 125 Å². The lowest BCUT2D eigenvalue weighted by molar-refractivity contribution is 0.0600. The van der Waals surface area contributed by atoms with Crippen molar-refractivity contribution in [3.63, 3.8) is 0 Å². The number of benzene rings is 1. The molecule has 0 saturated heterocycles. The van der Waals surface area contributed by atoms with Gasteiger partial charge in [-0.25, -0.2) is 4.79 Å². The van der Waals surface area contributed by atoms with Crippen molar-refractivity contribution in [2.75, 3.05) is 14.2 Å². The SMILES string of the molecule is COC(=O)c1ccc(CS(=O)c2ccccc2OC)nc1. The second kappa shape index (κ2) is 6.99. The quantitative estimate of drug-likeness (QED) is 0.792. The van der Waals surface area contributed by atoms with E-state index in [2.05, 4.69) is 9.72 Å². The summed E-state index contributed by atoms with van der Waals surface area (Å²) in [5.41, 5.74) is 0.996. The molecule has 0 amide bonds. The molecular formula is C15H15NO4S. The molecule has 0 fully saturated rings. The van der Waals surface area contributed by atoms with Crippen LogP contribution in [0.25, 0.3) is 0 Å². The van der Waals surface area contributed by atoms with Crippen LogP contribution in [0, 0.1) is 0 Å². The van der Waals surface area contributed by atoms with E-state index in [0.29, 0.717) is 21.9 Å². The first-order chi connectivity index (χ1) is 10.2. The van der Waals surface area contributed by atoms with Crippen molar-refractivity contribution in [3.8, 4) is 5.75 Å². The van der Waals surface area contributed by atoms with Crippen LogP contribution in [0.3, 0.4) is 0 Å². The highest BCUT2D eigenvalue weighted by molar-refractivity contribution is 7.84. The van der Waals surface area contributed by atoms with Crippen LogP contribution in [0.4, 0.5) is 0 Å². The van der Waals surface area contributed by atoms with Gasteiger partial charge in [-0.05, 0) is 24.3 Å². The van der Waals surface area contributed by atoms with Gasteiger partial charge in [0.15, 0.2) is 0 Å². The fourth-order valence-electron chi connectivity index (χ4n) is 1.77. The minimum atomic E-state index is -1.27.